The SMILES string of the molecule is CCCCCCCCCCCCCCCCCCCC(=O)OC(O)[C@H](O)[C@H](O)[C@H](O)[C@H](O)CO. The quantitative estimate of drug-likeness (QED) is 0.0683. The number of aliphatic hydroxyl groups excluding tert-OH is 6. The molecule has 0 aliphatic heterocycles. The molecular weight excluding hydrogens is 440 g/mol. The van der Waals surface area contributed by atoms with Crippen LogP contribution in [-0.4, -0.2) is 73.9 Å². The van der Waals surface area contributed by atoms with Gasteiger partial charge < -0.3 is 35.4 Å². The number of carbonyl (C=O) groups is 1. The second-order valence-electron chi connectivity index (χ2n) is 9.51. The summed E-state index contributed by atoms with van der Waals surface area (Å²) in [6, 6.07) is 0. The fourth-order valence-corrected chi connectivity index (χ4v) is 3.96. The molecule has 5 atom stereocenters. The maximum absolute atomic E-state index is 11.8. The van der Waals surface area contributed by atoms with Gasteiger partial charge in [0.1, 0.15) is 24.4 Å². The zero-order valence-corrected chi connectivity index (χ0v) is 21.3. The zero-order chi connectivity index (χ0) is 25.6. The smallest absolute Gasteiger partial charge is 0.308 e. The van der Waals surface area contributed by atoms with Gasteiger partial charge in [0.15, 0.2) is 0 Å². The molecule has 0 aliphatic carbocycles. The van der Waals surface area contributed by atoms with Crippen LogP contribution in [0, 0.1) is 0 Å². The first-order valence-corrected chi connectivity index (χ1v) is 13.6. The fourth-order valence-electron chi connectivity index (χ4n) is 3.96. The van der Waals surface area contributed by atoms with Crippen molar-refractivity contribution in [3.8, 4) is 0 Å². The Hall–Kier alpha value is -0.770. The number of hydrogen-bond donors (Lipinski definition) is 6. The number of aliphatic hydroxyl groups is 6. The van der Waals surface area contributed by atoms with E-state index in [-0.39, 0.29) is 6.42 Å². The molecule has 0 aliphatic rings. The topological polar surface area (TPSA) is 148 Å². The standard InChI is InChI=1S/C26H52O8/c1-2-3-4-5-6-7-8-9-10-11-12-13-14-15-16-17-18-19-22(29)34-26(33)25(32)24(31)23(30)21(28)20-27/h21,23-28,30-33H,2-20H2,1H3/t21-,23-,24-,25-,26?/m1/s1. The van der Waals surface area contributed by atoms with Gasteiger partial charge in [-0.25, -0.2) is 0 Å². The number of hydrogen-bond acceptors (Lipinski definition) is 8. The van der Waals surface area contributed by atoms with E-state index in [2.05, 4.69) is 11.7 Å². The van der Waals surface area contributed by atoms with E-state index < -0.39 is 43.3 Å². The van der Waals surface area contributed by atoms with E-state index in [9.17, 15) is 30.3 Å². The second kappa shape index (κ2) is 22.7. The third-order valence-electron chi connectivity index (χ3n) is 6.31. The van der Waals surface area contributed by atoms with Crippen molar-refractivity contribution in [3.05, 3.63) is 0 Å². The molecule has 8 nitrogen and oxygen atoms in total. The van der Waals surface area contributed by atoms with Crippen molar-refractivity contribution in [1.29, 1.82) is 0 Å². The van der Waals surface area contributed by atoms with Gasteiger partial charge in [0.2, 0.25) is 6.29 Å². The van der Waals surface area contributed by atoms with Gasteiger partial charge in [-0.15, -0.1) is 0 Å². The lowest BCUT2D eigenvalue weighted by atomic mass is 10.0. The summed E-state index contributed by atoms with van der Waals surface area (Å²) in [6.45, 7) is 1.42. The lowest BCUT2D eigenvalue weighted by Crippen LogP contribution is -2.50. The highest BCUT2D eigenvalue weighted by molar-refractivity contribution is 5.69. The van der Waals surface area contributed by atoms with Gasteiger partial charge in [-0.2, -0.15) is 0 Å². The Bertz CT molecular complexity index is 462. The van der Waals surface area contributed by atoms with E-state index in [1.807, 2.05) is 0 Å². The Morgan fingerprint density at radius 1 is 0.588 bits per heavy atom. The largest absolute Gasteiger partial charge is 0.433 e. The van der Waals surface area contributed by atoms with Crippen LogP contribution in [-0.2, 0) is 9.53 Å². The van der Waals surface area contributed by atoms with Crippen LogP contribution < -0.4 is 0 Å². The summed E-state index contributed by atoms with van der Waals surface area (Å²) in [6.07, 6.45) is 11.5. The van der Waals surface area contributed by atoms with Gasteiger partial charge >= 0.3 is 5.97 Å². The molecule has 0 aromatic rings. The Morgan fingerprint density at radius 3 is 1.35 bits per heavy atom. The summed E-state index contributed by atoms with van der Waals surface area (Å²) in [4.78, 5) is 11.8. The summed E-state index contributed by atoms with van der Waals surface area (Å²) in [5, 5.41) is 56.7. The summed E-state index contributed by atoms with van der Waals surface area (Å²) in [7, 11) is 0. The lowest BCUT2D eigenvalue weighted by molar-refractivity contribution is -0.213. The lowest BCUT2D eigenvalue weighted by Gasteiger charge is -2.28. The van der Waals surface area contributed by atoms with Gasteiger partial charge in [-0.05, 0) is 6.42 Å². The van der Waals surface area contributed by atoms with Crippen molar-refractivity contribution in [2.24, 2.45) is 0 Å². The molecule has 6 N–H and O–H groups in total. The molecule has 204 valence electrons. The summed E-state index contributed by atoms with van der Waals surface area (Å²) >= 11 is 0. The highest BCUT2D eigenvalue weighted by Gasteiger charge is 2.35. The number of esters is 1. The van der Waals surface area contributed by atoms with Crippen molar-refractivity contribution < 1.29 is 40.2 Å². The van der Waals surface area contributed by atoms with Crippen LogP contribution in [0.5, 0.6) is 0 Å². The van der Waals surface area contributed by atoms with E-state index in [1.165, 1.54) is 83.5 Å². The number of unbranched alkanes of at least 4 members (excludes halogenated alkanes) is 16. The van der Waals surface area contributed by atoms with Crippen molar-refractivity contribution in [3.63, 3.8) is 0 Å². The molecule has 0 fully saturated rings. The molecule has 1 unspecified atom stereocenters. The number of rotatable bonds is 24. The van der Waals surface area contributed by atoms with Crippen molar-refractivity contribution in [2.75, 3.05) is 6.61 Å². The summed E-state index contributed by atoms with van der Waals surface area (Å²) in [5.41, 5.74) is 0. The Kier molecular flexibility index (Phi) is 22.2. The van der Waals surface area contributed by atoms with Crippen molar-refractivity contribution in [1.82, 2.24) is 0 Å². The third kappa shape index (κ3) is 17.6. The van der Waals surface area contributed by atoms with Gasteiger partial charge in [0, 0.05) is 6.42 Å². The highest BCUT2D eigenvalue weighted by Crippen LogP contribution is 2.15. The van der Waals surface area contributed by atoms with Gasteiger partial charge in [0.25, 0.3) is 0 Å². The second-order valence-corrected chi connectivity index (χ2v) is 9.51. The highest BCUT2D eigenvalue weighted by atomic mass is 16.6. The molecule has 0 saturated heterocycles. The zero-order valence-electron chi connectivity index (χ0n) is 21.3. The van der Waals surface area contributed by atoms with E-state index in [4.69, 9.17) is 5.11 Å². The minimum absolute atomic E-state index is 0.0836. The predicted octanol–water partition coefficient (Wildman–Crippen LogP) is 3.33. The van der Waals surface area contributed by atoms with Gasteiger partial charge in [-0.3, -0.25) is 4.79 Å². The predicted molar refractivity (Wildman–Crippen MR) is 132 cm³/mol. The molecule has 8 heteroatoms. The summed E-state index contributed by atoms with van der Waals surface area (Å²) in [5.74, 6) is -0.711. The molecule has 0 rings (SSSR count). The maximum atomic E-state index is 11.8. The van der Waals surface area contributed by atoms with Crippen LogP contribution >= 0.6 is 0 Å². The molecule has 0 aromatic carbocycles. The summed E-state index contributed by atoms with van der Waals surface area (Å²) < 4.78 is 4.68. The van der Waals surface area contributed by atoms with Crippen LogP contribution in [0.25, 0.3) is 0 Å². The molecule has 0 spiro atoms. The van der Waals surface area contributed by atoms with Gasteiger partial charge in [0.05, 0.1) is 6.61 Å². The first kappa shape index (κ1) is 33.2. The Balaban J connectivity index is 3.55. The minimum Gasteiger partial charge on any atom is -0.433 e. The maximum Gasteiger partial charge on any atom is 0.308 e. The van der Waals surface area contributed by atoms with Crippen LogP contribution in [0.2, 0.25) is 0 Å². The van der Waals surface area contributed by atoms with Gasteiger partial charge in [-0.1, -0.05) is 110 Å². The monoisotopic (exact) mass is 492 g/mol. The molecule has 0 radical (unpaired) electrons. The van der Waals surface area contributed by atoms with Crippen LogP contribution in [0.1, 0.15) is 122 Å². The molecule has 34 heavy (non-hydrogen) atoms. The Morgan fingerprint density at radius 2 is 0.971 bits per heavy atom. The van der Waals surface area contributed by atoms with E-state index in [0.717, 1.165) is 19.3 Å². The van der Waals surface area contributed by atoms with Crippen molar-refractivity contribution >= 4 is 5.97 Å². The van der Waals surface area contributed by atoms with E-state index in [1.54, 1.807) is 0 Å². The third-order valence-corrected chi connectivity index (χ3v) is 6.31. The van der Waals surface area contributed by atoms with E-state index in [0.29, 0.717) is 6.42 Å². The van der Waals surface area contributed by atoms with E-state index >= 15 is 0 Å². The average molecular weight is 493 g/mol. The minimum atomic E-state index is -2.03. The first-order valence-electron chi connectivity index (χ1n) is 13.6. The first-order chi connectivity index (χ1) is 16.3. The molecule has 0 heterocycles. The van der Waals surface area contributed by atoms with Crippen LogP contribution in [0.4, 0.5) is 0 Å². The van der Waals surface area contributed by atoms with Crippen LogP contribution in [0.3, 0.4) is 0 Å². The number of carbonyl (C=O) groups excluding carboxylic acids is 1. The van der Waals surface area contributed by atoms with Crippen LogP contribution in [0.15, 0.2) is 0 Å². The molecule has 0 amide bonds. The molecule has 0 bridgehead atoms. The Labute approximate surface area is 206 Å². The molecule has 0 aromatic heterocycles. The number of ether oxygens (including phenoxy) is 1. The average Bonchev–Trinajstić information content (AvgIpc) is 2.83. The molecular formula is C26H52O8. The van der Waals surface area contributed by atoms with Crippen molar-refractivity contribution in [2.45, 2.75) is 153 Å². The molecule has 0 saturated carbocycles. The normalized spacial score (nSPS) is 16.1. The fraction of sp³-hybridized carbons (Fsp3) is 0.962.